The van der Waals surface area contributed by atoms with Crippen LogP contribution >= 0.6 is 0 Å². The van der Waals surface area contributed by atoms with Crippen LogP contribution in [0.3, 0.4) is 0 Å². The van der Waals surface area contributed by atoms with Gasteiger partial charge in [-0.05, 0) is 24.6 Å². The number of rotatable bonds is 5. The number of benzene rings is 1. The summed E-state index contributed by atoms with van der Waals surface area (Å²) in [6.07, 6.45) is 2.80. The zero-order chi connectivity index (χ0) is 13.7. The minimum atomic E-state index is -0.489. The molecule has 1 aromatic heterocycles. The lowest BCUT2D eigenvalue weighted by molar-refractivity contribution is -0.117. The average molecular weight is 260 g/mol. The highest BCUT2D eigenvalue weighted by Gasteiger charge is 2.13. The van der Waals surface area contributed by atoms with Crippen LogP contribution < -0.4 is 11.1 Å². The van der Waals surface area contributed by atoms with E-state index >= 15 is 0 Å². The molecule has 0 spiro atoms. The highest BCUT2D eigenvalue weighted by molar-refractivity contribution is 5.95. The number of carbonyl (C=O) groups is 1. The van der Waals surface area contributed by atoms with Crippen molar-refractivity contribution in [3.05, 3.63) is 30.7 Å². The Kier molecular flexibility index (Phi) is 4.25. The second-order valence-corrected chi connectivity index (χ2v) is 4.21. The summed E-state index contributed by atoms with van der Waals surface area (Å²) in [4.78, 5) is 11.8. The Morgan fingerprint density at radius 2 is 2.37 bits per heavy atom. The highest BCUT2D eigenvalue weighted by Crippen LogP contribution is 2.20. The standard InChI is InChI=1S/C13H16N4O2/c1-2-4-11(14)12(18)16-10-6-3-5-9(7-10)13-17-15-8-19-13/h3,5-8,11H,2,4,14H2,1H3,(H,16,18)/t11-/m1/s1. The highest BCUT2D eigenvalue weighted by atomic mass is 16.4. The summed E-state index contributed by atoms with van der Waals surface area (Å²) < 4.78 is 5.11. The molecule has 0 aliphatic heterocycles. The van der Waals surface area contributed by atoms with E-state index in [-0.39, 0.29) is 5.91 Å². The molecule has 2 aromatic rings. The van der Waals surface area contributed by atoms with Gasteiger partial charge in [0, 0.05) is 11.3 Å². The summed E-state index contributed by atoms with van der Waals surface area (Å²) in [5, 5.41) is 10.2. The maximum atomic E-state index is 11.8. The maximum absolute atomic E-state index is 11.8. The predicted octanol–water partition coefficient (Wildman–Crippen LogP) is 1.80. The predicted molar refractivity (Wildman–Crippen MR) is 71.2 cm³/mol. The second kappa shape index (κ2) is 6.10. The molecule has 3 N–H and O–H groups in total. The lowest BCUT2D eigenvalue weighted by atomic mass is 10.1. The van der Waals surface area contributed by atoms with E-state index in [1.54, 1.807) is 18.2 Å². The molecule has 1 atom stereocenters. The minimum absolute atomic E-state index is 0.190. The molecule has 0 unspecified atom stereocenters. The molecule has 1 heterocycles. The molecule has 2 rings (SSSR count). The fourth-order valence-electron chi connectivity index (χ4n) is 1.71. The molecule has 0 radical (unpaired) electrons. The monoisotopic (exact) mass is 260 g/mol. The van der Waals surface area contributed by atoms with Crippen molar-refractivity contribution < 1.29 is 9.21 Å². The Morgan fingerprint density at radius 3 is 3.05 bits per heavy atom. The van der Waals surface area contributed by atoms with Crippen LogP contribution in [0.5, 0.6) is 0 Å². The summed E-state index contributed by atoms with van der Waals surface area (Å²) in [7, 11) is 0. The number of carbonyl (C=O) groups excluding carboxylic acids is 1. The van der Waals surface area contributed by atoms with E-state index in [4.69, 9.17) is 10.2 Å². The van der Waals surface area contributed by atoms with Gasteiger partial charge in [-0.25, -0.2) is 0 Å². The van der Waals surface area contributed by atoms with E-state index in [1.165, 1.54) is 6.39 Å². The van der Waals surface area contributed by atoms with Gasteiger partial charge in [0.15, 0.2) is 0 Å². The Hall–Kier alpha value is -2.21. The fourth-order valence-corrected chi connectivity index (χ4v) is 1.71. The lowest BCUT2D eigenvalue weighted by Crippen LogP contribution is -2.35. The van der Waals surface area contributed by atoms with Crippen LogP contribution in [-0.4, -0.2) is 22.1 Å². The minimum Gasteiger partial charge on any atom is -0.423 e. The lowest BCUT2D eigenvalue weighted by Gasteiger charge is -2.11. The summed E-state index contributed by atoms with van der Waals surface area (Å²) in [5.74, 6) is 0.221. The number of aromatic nitrogens is 2. The molecule has 0 saturated heterocycles. The molecule has 1 aromatic carbocycles. The quantitative estimate of drug-likeness (QED) is 0.854. The third-order valence-electron chi connectivity index (χ3n) is 2.67. The Bertz CT molecular complexity index is 539. The molecule has 1 amide bonds. The average Bonchev–Trinajstić information content (AvgIpc) is 2.93. The number of hydrogen-bond acceptors (Lipinski definition) is 5. The number of nitrogens with one attached hydrogen (secondary N) is 1. The third-order valence-corrected chi connectivity index (χ3v) is 2.67. The van der Waals surface area contributed by atoms with Crippen LogP contribution in [0.4, 0.5) is 5.69 Å². The number of nitrogens with two attached hydrogens (primary N) is 1. The van der Waals surface area contributed by atoms with Crippen LogP contribution in [0.2, 0.25) is 0 Å². The molecule has 0 bridgehead atoms. The molecule has 0 saturated carbocycles. The van der Waals surface area contributed by atoms with Gasteiger partial charge in [-0.15, -0.1) is 10.2 Å². The number of hydrogen-bond donors (Lipinski definition) is 2. The second-order valence-electron chi connectivity index (χ2n) is 4.21. The first-order valence-corrected chi connectivity index (χ1v) is 6.13. The molecule has 0 aliphatic carbocycles. The van der Waals surface area contributed by atoms with Crippen LogP contribution in [0.1, 0.15) is 19.8 Å². The van der Waals surface area contributed by atoms with E-state index in [0.717, 1.165) is 12.0 Å². The van der Waals surface area contributed by atoms with Crippen molar-refractivity contribution in [1.82, 2.24) is 10.2 Å². The molecule has 0 aliphatic rings. The van der Waals surface area contributed by atoms with E-state index in [2.05, 4.69) is 15.5 Å². The van der Waals surface area contributed by atoms with E-state index in [1.807, 2.05) is 13.0 Å². The first-order chi connectivity index (χ1) is 9.20. The van der Waals surface area contributed by atoms with E-state index < -0.39 is 6.04 Å². The molecule has 6 nitrogen and oxygen atoms in total. The van der Waals surface area contributed by atoms with Crippen LogP contribution in [0.25, 0.3) is 11.5 Å². The molecular weight excluding hydrogens is 244 g/mol. The van der Waals surface area contributed by atoms with Crippen molar-refractivity contribution in [2.24, 2.45) is 5.73 Å². The van der Waals surface area contributed by atoms with Gasteiger partial charge in [0.25, 0.3) is 0 Å². The topological polar surface area (TPSA) is 94.0 Å². The van der Waals surface area contributed by atoms with Crippen molar-refractivity contribution in [3.8, 4) is 11.5 Å². The first-order valence-electron chi connectivity index (χ1n) is 6.13. The summed E-state index contributed by atoms with van der Waals surface area (Å²) in [6.45, 7) is 1.99. The Balaban J connectivity index is 2.09. The zero-order valence-corrected chi connectivity index (χ0v) is 10.7. The third kappa shape index (κ3) is 3.38. The van der Waals surface area contributed by atoms with E-state index in [9.17, 15) is 4.79 Å². The maximum Gasteiger partial charge on any atom is 0.247 e. The van der Waals surface area contributed by atoms with Crippen molar-refractivity contribution >= 4 is 11.6 Å². The van der Waals surface area contributed by atoms with Gasteiger partial charge < -0.3 is 15.5 Å². The van der Waals surface area contributed by atoms with Crippen molar-refractivity contribution in [1.29, 1.82) is 0 Å². The van der Waals surface area contributed by atoms with Gasteiger partial charge >= 0.3 is 0 Å². The SMILES string of the molecule is CCC[C@@H](N)C(=O)Nc1cccc(-c2nnco2)c1. The molecule has 100 valence electrons. The summed E-state index contributed by atoms with van der Waals surface area (Å²) >= 11 is 0. The van der Waals surface area contributed by atoms with Gasteiger partial charge in [-0.1, -0.05) is 19.4 Å². The summed E-state index contributed by atoms with van der Waals surface area (Å²) in [5.41, 5.74) is 7.16. The Morgan fingerprint density at radius 1 is 1.53 bits per heavy atom. The molecule has 0 fully saturated rings. The van der Waals surface area contributed by atoms with Crippen molar-refractivity contribution in [2.45, 2.75) is 25.8 Å². The van der Waals surface area contributed by atoms with Crippen molar-refractivity contribution in [3.63, 3.8) is 0 Å². The summed E-state index contributed by atoms with van der Waals surface area (Å²) in [6, 6.07) is 6.70. The van der Waals surface area contributed by atoms with Gasteiger partial charge in [0.2, 0.25) is 18.2 Å². The van der Waals surface area contributed by atoms with Crippen LogP contribution in [0, 0.1) is 0 Å². The van der Waals surface area contributed by atoms with Crippen LogP contribution in [0.15, 0.2) is 35.1 Å². The first kappa shape index (κ1) is 13.2. The Labute approximate surface area is 111 Å². The largest absolute Gasteiger partial charge is 0.423 e. The molecule has 19 heavy (non-hydrogen) atoms. The number of amides is 1. The smallest absolute Gasteiger partial charge is 0.247 e. The van der Waals surface area contributed by atoms with Crippen molar-refractivity contribution in [2.75, 3.05) is 5.32 Å². The van der Waals surface area contributed by atoms with Gasteiger partial charge in [-0.3, -0.25) is 4.79 Å². The van der Waals surface area contributed by atoms with Gasteiger partial charge in [0.05, 0.1) is 6.04 Å². The normalized spacial score (nSPS) is 12.1. The zero-order valence-electron chi connectivity index (χ0n) is 10.7. The number of nitrogens with zero attached hydrogens (tertiary/aromatic N) is 2. The number of anilines is 1. The van der Waals surface area contributed by atoms with Gasteiger partial charge in [0.1, 0.15) is 0 Å². The van der Waals surface area contributed by atoms with Crippen LogP contribution in [-0.2, 0) is 4.79 Å². The molecular formula is C13H16N4O2. The van der Waals surface area contributed by atoms with Gasteiger partial charge in [-0.2, -0.15) is 0 Å². The molecule has 6 heteroatoms. The fraction of sp³-hybridized carbons (Fsp3) is 0.308. The van der Waals surface area contributed by atoms with E-state index in [0.29, 0.717) is 18.0 Å².